The Bertz CT molecular complexity index is 625. The molecule has 1 aromatic rings. The molecule has 0 amide bonds. The Labute approximate surface area is 144 Å². The Morgan fingerprint density at radius 2 is 1.79 bits per heavy atom. The number of carbonyl (C=O) groups excluding carboxylic acids is 1. The van der Waals surface area contributed by atoms with Gasteiger partial charge in [-0.15, -0.1) is 0 Å². The number of esters is 1. The van der Waals surface area contributed by atoms with Gasteiger partial charge < -0.3 is 10.5 Å². The summed E-state index contributed by atoms with van der Waals surface area (Å²) in [7, 11) is -4.02. The summed E-state index contributed by atoms with van der Waals surface area (Å²) in [6.45, 7) is 5.64. The minimum absolute atomic E-state index is 0.0666. The summed E-state index contributed by atoms with van der Waals surface area (Å²) in [5, 5.41) is 0. The van der Waals surface area contributed by atoms with Crippen molar-refractivity contribution < 1.29 is 22.5 Å². The molecule has 136 valence electrons. The van der Waals surface area contributed by atoms with Crippen LogP contribution in [-0.2, 0) is 19.6 Å². The van der Waals surface area contributed by atoms with Gasteiger partial charge in [-0.05, 0) is 51.2 Å². The summed E-state index contributed by atoms with van der Waals surface area (Å²) in [5.41, 5.74) is 6.38. The van der Waals surface area contributed by atoms with Crippen molar-refractivity contribution in [3.8, 4) is 0 Å². The van der Waals surface area contributed by atoms with Crippen molar-refractivity contribution in [1.29, 1.82) is 0 Å². The van der Waals surface area contributed by atoms with E-state index in [1.807, 2.05) is 6.92 Å². The average Bonchev–Trinajstić information content (AvgIpc) is 2.49. The van der Waals surface area contributed by atoms with Gasteiger partial charge >= 0.3 is 5.97 Å². The fraction of sp³-hybridized carbons (Fsp3) is 0.588. The molecule has 0 radical (unpaired) electrons. The lowest BCUT2D eigenvalue weighted by Gasteiger charge is -2.28. The molecule has 2 rings (SSSR count). The predicted octanol–water partition coefficient (Wildman–Crippen LogP) is 2.70. The standard InChI is InChI=1S/C10H19NO2.C7H8O3S/c1-7-5-3-4-6-9(7)13-10(12)8(2)11;1-6-2-4-7(5-3-6)11(8,9)10/h7-9H,3-6,11H2,1-2H3;2-5H,1H3,(H,8,9,10)/t7-,8-,9-;/m1./s1. The molecule has 0 aromatic heterocycles. The summed E-state index contributed by atoms with van der Waals surface area (Å²) < 4.78 is 34.9. The van der Waals surface area contributed by atoms with Crippen LogP contribution in [0.3, 0.4) is 0 Å². The van der Waals surface area contributed by atoms with E-state index in [-0.39, 0.29) is 17.0 Å². The van der Waals surface area contributed by atoms with Crippen molar-refractivity contribution >= 4 is 16.1 Å². The van der Waals surface area contributed by atoms with Crippen molar-refractivity contribution in [2.75, 3.05) is 0 Å². The largest absolute Gasteiger partial charge is 0.461 e. The zero-order chi connectivity index (χ0) is 18.3. The smallest absolute Gasteiger partial charge is 0.322 e. The van der Waals surface area contributed by atoms with Gasteiger partial charge in [0.25, 0.3) is 10.1 Å². The van der Waals surface area contributed by atoms with Crippen molar-refractivity contribution in [2.45, 2.75) is 63.5 Å². The lowest BCUT2D eigenvalue weighted by atomic mass is 9.88. The first kappa shape index (κ1) is 20.6. The Hall–Kier alpha value is -1.44. The van der Waals surface area contributed by atoms with E-state index >= 15 is 0 Å². The fourth-order valence-electron chi connectivity index (χ4n) is 2.42. The SMILES string of the molecule is C[C@@H]1CCCC[C@H]1OC(=O)[C@@H](C)N.Cc1ccc(S(=O)(=O)O)cc1. The molecular formula is C17H27NO5S. The van der Waals surface area contributed by atoms with E-state index in [0.29, 0.717) is 5.92 Å². The highest BCUT2D eigenvalue weighted by atomic mass is 32.2. The van der Waals surface area contributed by atoms with Crippen LogP contribution in [0.15, 0.2) is 29.2 Å². The first-order chi connectivity index (χ1) is 11.1. The average molecular weight is 357 g/mol. The maximum Gasteiger partial charge on any atom is 0.322 e. The van der Waals surface area contributed by atoms with Gasteiger partial charge in [0.05, 0.1) is 4.90 Å². The van der Waals surface area contributed by atoms with Gasteiger partial charge in [-0.2, -0.15) is 8.42 Å². The minimum Gasteiger partial charge on any atom is -0.461 e. The summed E-state index contributed by atoms with van der Waals surface area (Å²) in [4.78, 5) is 11.1. The number of nitrogens with two attached hydrogens (primary N) is 1. The number of rotatable bonds is 3. The first-order valence-electron chi connectivity index (χ1n) is 8.11. The highest BCUT2D eigenvalue weighted by Gasteiger charge is 2.25. The number of hydrogen-bond donors (Lipinski definition) is 2. The van der Waals surface area contributed by atoms with Gasteiger partial charge in [-0.1, -0.05) is 31.0 Å². The molecule has 3 N–H and O–H groups in total. The molecule has 1 aliphatic carbocycles. The number of aryl methyl sites for hydroxylation is 1. The van der Waals surface area contributed by atoms with Crippen molar-refractivity contribution in [3.05, 3.63) is 29.8 Å². The monoisotopic (exact) mass is 357 g/mol. The summed E-state index contributed by atoms with van der Waals surface area (Å²) in [5.74, 6) is 0.232. The van der Waals surface area contributed by atoms with Crippen LogP contribution in [0.4, 0.5) is 0 Å². The molecular weight excluding hydrogens is 330 g/mol. The van der Waals surface area contributed by atoms with Crippen molar-refractivity contribution in [1.82, 2.24) is 0 Å². The molecule has 1 aromatic carbocycles. The van der Waals surface area contributed by atoms with Crippen LogP contribution >= 0.6 is 0 Å². The van der Waals surface area contributed by atoms with Crippen LogP contribution in [0.25, 0.3) is 0 Å². The quantitative estimate of drug-likeness (QED) is 0.636. The molecule has 3 atom stereocenters. The minimum atomic E-state index is -4.02. The van der Waals surface area contributed by atoms with E-state index in [1.165, 1.54) is 25.0 Å². The predicted molar refractivity (Wildman–Crippen MR) is 92.2 cm³/mol. The van der Waals surface area contributed by atoms with Gasteiger partial charge in [0.2, 0.25) is 0 Å². The molecule has 0 bridgehead atoms. The first-order valence-corrected chi connectivity index (χ1v) is 9.55. The van der Waals surface area contributed by atoms with Gasteiger partial charge in [0.1, 0.15) is 12.1 Å². The van der Waals surface area contributed by atoms with Gasteiger partial charge in [0.15, 0.2) is 0 Å². The summed E-state index contributed by atoms with van der Waals surface area (Å²) >= 11 is 0. The molecule has 1 saturated carbocycles. The Morgan fingerprint density at radius 1 is 1.25 bits per heavy atom. The lowest BCUT2D eigenvalue weighted by molar-refractivity contribution is -0.154. The summed E-state index contributed by atoms with van der Waals surface area (Å²) in [6, 6.07) is 5.50. The Balaban J connectivity index is 0.000000243. The lowest BCUT2D eigenvalue weighted by Crippen LogP contribution is -2.35. The highest BCUT2D eigenvalue weighted by molar-refractivity contribution is 7.85. The summed E-state index contributed by atoms with van der Waals surface area (Å²) in [6.07, 6.45) is 4.69. The number of hydrogen-bond acceptors (Lipinski definition) is 5. The Morgan fingerprint density at radius 3 is 2.25 bits per heavy atom. The van der Waals surface area contributed by atoms with Crippen LogP contribution in [0, 0.1) is 12.8 Å². The second-order valence-electron chi connectivity index (χ2n) is 6.31. The third-order valence-corrected chi connectivity index (χ3v) is 4.86. The maximum atomic E-state index is 11.2. The Kier molecular flexibility index (Phi) is 7.86. The highest BCUT2D eigenvalue weighted by Crippen LogP contribution is 2.26. The van der Waals surface area contributed by atoms with E-state index in [0.717, 1.165) is 18.4 Å². The molecule has 6 nitrogen and oxygen atoms in total. The third-order valence-electron chi connectivity index (χ3n) is 3.99. The zero-order valence-corrected chi connectivity index (χ0v) is 15.3. The van der Waals surface area contributed by atoms with E-state index in [4.69, 9.17) is 15.0 Å². The molecule has 0 aliphatic heterocycles. The molecule has 24 heavy (non-hydrogen) atoms. The normalized spacial score (nSPS) is 22.0. The molecule has 0 spiro atoms. The van der Waals surface area contributed by atoms with Crippen molar-refractivity contribution in [2.24, 2.45) is 11.7 Å². The fourth-order valence-corrected chi connectivity index (χ4v) is 2.90. The number of ether oxygens (including phenoxy) is 1. The second kappa shape index (κ2) is 9.15. The number of carbonyl (C=O) groups is 1. The van der Waals surface area contributed by atoms with E-state index < -0.39 is 16.2 Å². The molecule has 0 unspecified atom stereocenters. The second-order valence-corrected chi connectivity index (χ2v) is 7.74. The molecule has 0 saturated heterocycles. The van der Waals surface area contributed by atoms with Gasteiger partial charge in [-0.3, -0.25) is 9.35 Å². The van der Waals surface area contributed by atoms with E-state index in [1.54, 1.807) is 19.1 Å². The maximum absolute atomic E-state index is 11.2. The van der Waals surface area contributed by atoms with Gasteiger partial charge in [0, 0.05) is 0 Å². The van der Waals surface area contributed by atoms with Crippen LogP contribution in [0.5, 0.6) is 0 Å². The molecule has 1 aliphatic rings. The van der Waals surface area contributed by atoms with Crippen LogP contribution in [0.1, 0.15) is 45.1 Å². The van der Waals surface area contributed by atoms with E-state index in [9.17, 15) is 13.2 Å². The molecule has 0 heterocycles. The van der Waals surface area contributed by atoms with Gasteiger partial charge in [-0.25, -0.2) is 0 Å². The molecule has 1 fully saturated rings. The number of benzene rings is 1. The van der Waals surface area contributed by atoms with Crippen LogP contribution in [0.2, 0.25) is 0 Å². The van der Waals surface area contributed by atoms with Crippen LogP contribution < -0.4 is 5.73 Å². The zero-order valence-electron chi connectivity index (χ0n) is 14.4. The molecule has 7 heteroatoms. The van der Waals surface area contributed by atoms with Crippen LogP contribution in [-0.4, -0.2) is 31.1 Å². The van der Waals surface area contributed by atoms with E-state index in [2.05, 4.69) is 6.92 Å². The topological polar surface area (TPSA) is 107 Å². The third kappa shape index (κ3) is 6.98. The van der Waals surface area contributed by atoms with Crippen molar-refractivity contribution in [3.63, 3.8) is 0 Å².